The van der Waals surface area contributed by atoms with Crippen molar-refractivity contribution >= 4 is 5.91 Å². The Morgan fingerprint density at radius 1 is 1.43 bits per heavy atom. The van der Waals surface area contributed by atoms with E-state index in [-0.39, 0.29) is 16.9 Å². The minimum absolute atomic E-state index is 0.176. The van der Waals surface area contributed by atoms with Gasteiger partial charge in [0.1, 0.15) is 5.82 Å². The van der Waals surface area contributed by atoms with Gasteiger partial charge in [0.25, 0.3) is 5.91 Å². The normalized spacial score (nSPS) is 30.1. The molecule has 2 fully saturated rings. The van der Waals surface area contributed by atoms with Crippen LogP contribution in [0.2, 0.25) is 0 Å². The lowest BCUT2D eigenvalue weighted by Gasteiger charge is -2.53. The van der Waals surface area contributed by atoms with Crippen LogP contribution in [0.25, 0.3) is 0 Å². The first-order valence-corrected chi connectivity index (χ1v) is 8.38. The first-order valence-electron chi connectivity index (χ1n) is 8.38. The molecule has 6 heteroatoms. The number of carbonyl (C=O) groups is 1. The molecule has 4 rings (SSSR count). The van der Waals surface area contributed by atoms with Crippen molar-refractivity contribution in [3.05, 3.63) is 34.6 Å². The number of hydrogen-bond acceptors (Lipinski definition) is 4. The average molecular weight is 319 g/mol. The fourth-order valence-electron chi connectivity index (χ4n) is 4.58. The number of hydrogen-bond donors (Lipinski definition) is 3. The van der Waals surface area contributed by atoms with Crippen LogP contribution < -0.4 is 10.8 Å². The summed E-state index contributed by atoms with van der Waals surface area (Å²) in [6.45, 7) is 2.59. The summed E-state index contributed by atoms with van der Waals surface area (Å²) >= 11 is 0. The molecule has 0 aromatic heterocycles. The van der Waals surface area contributed by atoms with Gasteiger partial charge in [-0.15, -0.1) is 0 Å². The van der Waals surface area contributed by atoms with Crippen molar-refractivity contribution in [2.75, 3.05) is 13.1 Å². The van der Waals surface area contributed by atoms with Crippen molar-refractivity contribution in [3.63, 3.8) is 0 Å². The molecular formula is C17H22FN3O2. The predicted octanol–water partition coefficient (Wildman–Crippen LogP) is 1.59. The van der Waals surface area contributed by atoms with E-state index in [1.54, 1.807) is 11.5 Å². The molecule has 1 amide bonds. The topological polar surface area (TPSA) is 64.6 Å². The van der Waals surface area contributed by atoms with E-state index in [2.05, 4.69) is 10.2 Å². The van der Waals surface area contributed by atoms with Crippen LogP contribution in [-0.4, -0.2) is 40.7 Å². The Morgan fingerprint density at radius 3 is 2.96 bits per heavy atom. The van der Waals surface area contributed by atoms with Crippen LogP contribution in [0.4, 0.5) is 4.39 Å². The third-order valence-corrected chi connectivity index (χ3v) is 5.90. The Hall–Kier alpha value is -1.50. The third kappa shape index (κ3) is 2.36. The van der Waals surface area contributed by atoms with Gasteiger partial charge in [-0.3, -0.25) is 14.9 Å². The number of carbonyl (C=O) groups excluding carboxylic acids is 1. The van der Waals surface area contributed by atoms with Gasteiger partial charge < -0.3 is 5.32 Å². The van der Waals surface area contributed by atoms with E-state index in [1.165, 1.54) is 31.7 Å². The molecule has 5 nitrogen and oxygen atoms in total. The van der Waals surface area contributed by atoms with E-state index in [0.717, 1.165) is 25.1 Å². The molecule has 1 spiro atoms. The summed E-state index contributed by atoms with van der Waals surface area (Å²) in [6.07, 6.45) is 5.59. The molecule has 0 radical (unpaired) electrons. The van der Waals surface area contributed by atoms with Crippen LogP contribution >= 0.6 is 0 Å². The molecule has 3 aliphatic rings. The first kappa shape index (κ1) is 15.1. The van der Waals surface area contributed by atoms with Crippen LogP contribution in [0.5, 0.6) is 0 Å². The number of rotatable bonds is 2. The van der Waals surface area contributed by atoms with Gasteiger partial charge in [0, 0.05) is 35.8 Å². The van der Waals surface area contributed by atoms with Gasteiger partial charge in [-0.05, 0) is 56.3 Å². The van der Waals surface area contributed by atoms with Gasteiger partial charge >= 0.3 is 0 Å². The summed E-state index contributed by atoms with van der Waals surface area (Å²) in [5.74, 6) is -1.01. The summed E-state index contributed by atoms with van der Waals surface area (Å²) in [6, 6.07) is 3.42. The maximum atomic E-state index is 14.5. The van der Waals surface area contributed by atoms with Gasteiger partial charge in [0.15, 0.2) is 0 Å². The van der Waals surface area contributed by atoms with Crippen molar-refractivity contribution < 1.29 is 14.4 Å². The van der Waals surface area contributed by atoms with Crippen molar-refractivity contribution in [1.29, 1.82) is 0 Å². The fraction of sp³-hybridized carbons (Fsp3) is 0.588. The highest BCUT2D eigenvalue weighted by molar-refractivity contribution is 5.93. The Kier molecular flexibility index (Phi) is 3.63. The molecule has 1 saturated carbocycles. The zero-order chi connectivity index (χ0) is 16.0. The van der Waals surface area contributed by atoms with Gasteiger partial charge in [0.2, 0.25) is 0 Å². The lowest BCUT2D eigenvalue weighted by atomic mass is 9.69. The third-order valence-electron chi connectivity index (χ3n) is 5.90. The predicted molar refractivity (Wildman–Crippen MR) is 82.8 cm³/mol. The van der Waals surface area contributed by atoms with E-state index in [9.17, 15) is 9.18 Å². The standard InChI is InChI=1S/C17H22FN3O2/c18-14-9-12(16(22)20-23)8-11-3-7-21(10-13(11)14)15-2-5-17(15)4-1-6-19-17/h8-9,15,19,23H,1-7,10H2,(H,20,22)/t15-,17-/m1/s1. The molecule has 23 heavy (non-hydrogen) atoms. The molecule has 1 aliphatic carbocycles. The fourth-order valence-corrected chi connectivity index (χ4v) is 4.58. The average Bonchev–Trinajstić information content (AvgIpc) is 3.05. The molecular weight excluding hydrogens is 297 g/mol. The molecule has 2 heterocycles. The lowest BCUT2D eigenvalue weighted by Crippen LogP contribution is -2.65. The summed E-state index contributed by atoms with van der Waals surface area (Å²) in [7, 11) is 0. The van der Waals surface area contributed by atoms with Crippen LogP contribution in [0, 0.1) is 5.82 Å². The zero-order valence-electron chi connectivity index (χ0n) is 13.1. The SMILES string of the molecule is O=C(NO)c1cc(F)c2c(c1)CCN([C@@H]1CC[C@]13CCCN3)C2. The minimum atomic E-state index is -0.665. The summed E-state index contributed by atoms with van der Waals surface area (Å²) in [4.78, 5) is 13.9. The van der Waals surface area contributed by atoms with E-state index in [4.69, 9.17) is 5.21 Å². The highest BCUT2D eigenvalue weighted by atomic mass is 19.1. The van der Waals surface area contributed by atoms with Crippen LogP contribution in [0.3, 0.4) is 0 Å². The number of fused-ring (bicyclic) bond motifs is 1. The molecule has 2 atom stereocenters. The minimum Gasteiger partial charge on any atom is -0.310 e. The Bertz CT molecular complexity index is 643. The van der Waals surface area contributed by atoms with Crippen molar-refractivity contribution in [1.82, 2.24) is 15.7 Å². The monoisotopic (exact) mass is 319 g/mol. The number of amides is 1. The molecule has 1 aromatic carbocycles. The molecule has 3 N–H and O–H groups in total. The van der Waals surface area contributed by atoms with E-state index in [1.807, 2.05) is 0 Å². The number of halogens is 1. The Morgan fingerprint density at radius 2 is 2.30 bits per heavy atom. The maximum absolute atomic E-state index is 14.5. The number of hydroxylamine groups is 1. The van der Waals surface area contributed by atoms with Gasteiger partial charge in [-0.25, -0.2) is 9.87 Å². The van der Waals surface area contributed by atoms with Gasteiger partial charge in [-0.2, -0.15) is 0 Å². The quantitative estimate of drug-likeness (QED) is 0.572. The zero-order valence-corrected chi connectivity index (χ0v) is 13.1. The largest absolute Gasteiger partial charge is 0.310 e. The van der Waals surface area contributed by atoms with Crippen molar-refractivity contribution in [3.8, 4) is 0 Å². The summed E-state index contributed by atoms with van der Waals surface area (Å²) in [5, 5.41) is 12.4. The lowest BCUT2D eigenvalue weighted by molar-refractivity contribution is 0.0142. The second kappa shape index (κ2) is 5.54. The van der Waals surface area contributed by atoms with Crippen LogP contribution in [0.1, 0.15) is 47.2 Å². The van der Waals surface area contributed by atoms with E-state index >= 15 is 0 Å². The maximum Gasteiger partial charge on any atom is 0.274 e. The molecule has 0 bridgehead atoms. The Labute approximate surface area is 134 Å². The molecule has 124 valence electrons. The highest BCUT2D eigenvalue weighted by Gasteiger charge is 2.51. The van der Waals surface area contributed by atoms with Crippen molar-refractivity contribution in [2.45, 2.75) is 50.2 Å². The number of nitrogens with one attached hydrogen (secondary N) is 2. The molecule has 2 aliphatic heterocycles. The van der Waals surface area contributed by atoms with Crippen molar-refractivity contribution in [2.24, 2.45) is 0 Å². The van der Waals surface area contributed by atoms with Crippen LogP contribution in [0.15, 0.2) is 12.1 Å². The van der Waals surface area contributed by atoms with Crippen LogP contribution in [-0.2, 0) is 13.0 Å². The number of nitrogens with zero attached hydrogens (tertiary/aromatic N) is 1. The second-order valence-electron chi connectivity index (χ2n) is 7.00. The summed E-state index contributed by atoms with van der Waals surface area (Å²) < 4.78 is 14.5. The van der Waals surface area contributed by atoms with E-state index in [0.29, 0.717) is 18.2 Å². The number of benzene rings is 1. The summed E-state index contributed by atoms with van der Waals surface area (Å²) in [5.41, 5.74) is 3.58. The highest BCUT2D eigenvalue weighted by Crippen LogP contribution is 2.43. The van der Waals surface area contributed by atoms with Gasteiger partial charge in [0.05, 0.1) is 0 Å². The molecule has 1 saturated heterocycles. The molecule has 0 unspecified atom stereocenters. The molecule has 1 aromatic rings. The first-order chi connectivity index (χ1) is 11.1. The Balaban J connectivity index is 1.57. The van der Waals surface area contributed by atoms with Gasteiger partial charge in [-0.1, -0.05) is 0 Å². The van der Waals surface area contributed by atoms with E-state index < -0.39 is 5.91 Å². The second-order valence-corrected chi connectivity index (χ2v) is 7.00. The smallest absolute Gasteiger partial charge is 0.274 e.